The molecule has 0 bridgehead atoms. The van der Waals surface area contributed by atoms with Crippen molar-refractivity contribution in [3.63, 3.8) is 0 Å². The van der Waals surface area contributed by atoms with Crippen LogP contribution in [0.15, 0.2) is 36.4 Å². The minimum atomic E-state index is -0.298. The molecule has 0 N–H and O–H groups in total. The normalized spacial score (nSPS) is 17.0. The number of hydrogen-bond acceptors (Lipinski definition) is 6. The highest BCUT2D eigenvalue weighted by molar-refractivity contribution is 5.92. The van der Waals surface area contributed by atoms with E-state index >= 15 is 0 Å². The van der Waals surface area contributed by atoms with Crippen molar-refractivity contribution in [1.29, 1.82) is 0 Å². The van der Waals surface area contributed by atoms with Crippen LogP contribution in [0.25, 0.3) is 5.57 Å². The number of ether oxygens (including phenoxy) is 2. The largest absolute Gasteiger partial charge is 0.492 e. The van der Waals surface area contributed by atoms with E-state index in [1.807, 2.05) is 26.0 Å². The number of benzene rings is 1. The van der Waals surface area contributed by atoms with E-state index in [4.69, 9.17) is 9.47 Å². The highest BCUT2D eigenvalue weighted by Crippen LogP contribution is 2.34. The molecule has 0 spiro atoms. The van der Waals surface area contributed by atoms with Gasteiger partial charge in [-0.2, -0.15) is 0 Å². The summed E-state index contributed by atoms with van der Waals surface area (Å²) >= 11 is 0. The molecule has 0 aromatic heterocycles. The van der Waals surface area contributed by atoms with Gasteiger partial charge in [0.05, 0.1) is 6.61 Å². The van der Waals surface area contributed by atoms with Gasteiger partial charge in [0.15, 0.2) is 0 Å². The molecule has 1 aromatic rings. The number of carbonyl (C=O) groups excluding carboxylic acids is 1. The molecular formula is C27H43N3O3. The lowest BCUT2D eigenvalue weighted by Crippen LogP contribution is -2.45. The summed E-state index contributed by atoms with van der Waals surface area (Å²) in [6.07, 6.45) is 7.36. The summed E-state index contributed by atoms with van der Waals surface area (Å²) in [4.78, 5) is 19.3. The van der Waals surface area contributed by atoms with Crippen molar-refractivity contribution in [2.24, 2.45) is 0 Å². The van der Waals surface area contributed by atoms with Crippen molar-refractivity contribution in [1.82, 2.24) is 14.7 Å². The summed E-state index contributed by atoms with van der Waals surface area (Å²) in [7, 11) is 6.37. The third kappa shape index (κ3) is 8.61. The second-order valence-corrected chi connectivity index (χ2v) is 8.82. The van der Waals surface area contributed by atoms with Crippen LogP contribution in [0.2, 0.25) is 0 Å². The average Bonchev–Trinajstić information content (AvgIpc) is 2.79. The van der Waals surface area contributed by atoms with Gasteiger partial charge in [0.2, 0.25) is 0 Å². The van der Waals surface area contributed by atoms with Gasteiger partial charge in [-0.05, 0) is 76.7 Å². The molecule has 0 saturated carbocycles. The first kappa shape index (κ1) is 27.1. The van der Waals surface area contributed by atoms with Crippen LogP contribution in [-0.2, 0) is 9.53 Å². The Labute approximate surface area is 200 Å². The Kier molecular flexibility index (Phi) is 11.6. The van der Waals surface area contributed by atoms with Crippen LogP contribution >= 0.6 is 0 Å². The van der Waals surface area contributed by atoms with Crippen LogP contribution in [0.4, 0.5) is 0 Å². The van der Waals surface area contributed by atoms with Gasteiger partial charge >= 0.3 is 5.97 Å². The lowest BCUT2D eigenvalue weighted by atomic mass is 9.90. The molecule has 0 radical (unpaired) electrons. The topological polar surface area (TPSA) is 45.3 Å². The molecule has 1 aromatic carbocycles. The Morgan fingerprint density at radius 1 is 1.18 bits per heavy atom. The van der Waals surface area contributed by atoms with Gasteiger partial charge in [-0.15, -0.1) is 0 Å². The molecule has 1 fully saturated rings. The van der Waals surface area contributed by atoms with Crippen LogP contribution in [0, 0.1) is 0 Å². The maximum absolute atomic E-state index is 12.3. The minimum Gasteiger partial charge on any atom is -0.492 e. The molecule has 1 unspecified atom stereocenters. The average molecular weight is 458 g/mol. The van der Waals surface area contributed by atoms with Gasteiger partial charge in [0.1, 0.15) is 12.4 Å². The minimum absolute atomic E-state index is 0.220. The smallest absolute Gasteiger partial charge is 0.331 e. The summed E-state index contributed by atoms with van der Waals surface area (Å²) in [5.74, 6) is 0.582. The number of nitrogens with zero attached hydrogens (tertiary/aromatic N) is 3. The number of hydrogen-bond donors (Lipinski definition) is 0. The van der Waals surface area contributed by atoms with Gasteiger partial charge in [-0.3, -0.25) is 4.90 Å². The van der Waals surface area contributed by atoms with E-state index in [0.717, 1.165) is 56.0 Å². The molecule has 0 amide bonds. The second kappa shape index (κ2) is 14.2. The SMILES string of the molecule is C/C=C\C/C(=C\C(=O)OCC)c1ccc(OCCN2CCN(C)CC2)cc1C(CC)N(C)C. The summed E-state index contributed by atoms with van der Waals surface area (Å²) in [6, 6.07) is 6.50. The van der Waals surface area contributed by atoms with Crippen LogP contribution in [0.3, 0.4) is 0 Å². The Balaban J connectivity index is 2.28. The number of allylic oxidation sites excluding steroid dienone is 3. The summed E-state index contributed by atoms with van der Waals surface area (Å²) in [6.45, 7) is 12.4. The van der Waals surface area contributed by atoms with Gasteiger partial charge in [0.25, 0.3) is 0 Å². The van der Waals surface area contributed by atoms with E-state index in [0.29, 0.717) is 19.6 Å². The van der Waals surface area contributed by atoms with Crippen molar-refractivity contribution in [3.05, 3.63) is 47.6 Å². The predicted octanol–water partition coefficient (Wildman–Crippen LogP) is 4.24. The van der Waals surface area contributed by atoms with Crippen molar-refractivity contribution < 1.29 is 14.3 Å². The number of piperazine rings is 1. The molecule has 1 aliphatic heterocycles. The number of rotatable bonds is 12. The summed E-state index contributed by atoms with van der Waals surface area (Å²) in [5, 5.41) is 0. The molecule has 1 atom stereocenters. The quantitative estimate of drug-likeness (QED) is 0.266. The molecule has 184 valence electrons. The molecule has 6 heteroatoms. The summed E-state index contributed by atoms with van der Waals surface area (Å²) < 4.78 is 11.4. The zero-order chi connectivity index (χ0) is 24.2. The highest BCUT2D eigenvalue weighted by atomic mass is 16.5. The molecule has 6 nitrogen and oxygen atoms in total. The van der Waals surface area contributed by atoms with Gasteiger partial charge in [-0.25, -0.2) is 4.79 Å². The first-order chi connectivity index (χ1) is 15.9. The molecule has 2 rings (SSSR count). The van der Waals surface area contributed by atoms with Gasteiger partial charge < -0.3 is 19.3 Å². The zero-order valence-corrected chi connectivity index (χ0v) is 21.5. The third-order valence-corrected chi connectivity index (χ3v) is 6.16. The fourth-order valence-electron chi connectivity index (χ4n) is 4.24. The van der Waals surface area contributed by atoms with Crippen LogP contribution < -0.4 is 4.74 Å². The Morgan fingerprint density at radius 2 is 1.91 bits per heavy atom. The third-order valence-electron chi connectivity index (χ3n) is 6.16. The fourth-order valence-corrected chi connectivity index (χ4v) is 4.24. The number of carbonyl (C=O) groups is 1. The first-order valence-corrected chi connectivity index (χ1v) is 12.2. The van der Waals surface area contributed by atoms with Crippen molar-refractivity contribution in [2.75, 3.05) is 67.1 Å². The molecule has 1 aliphatic rings. The Bertz CT molecular complexity index is 796. The molecule has 0 aliphatic carbocycles. The molecular weight excluding hydrogens is 414 g/mol. The van der Waals surface area contributed by atoms with Crippen LogP contribution in [-0.4, -0.2) is 87.7 Å². The Hall–Kier alpha value is -2.15. The zero-order valence-electron chi connectivity index (χ0n) is 21.5. The standard InChI is InChI=1S/C27H43N3O3/c1-7-10-11-22(20-27(31)32-9-3)24-13-12-23(21-25(24)26(8-2)28(4)5)33-19-18-30-16-14-29(6)15-17-30/h7,10,12-13,20-21,26H,8-9,11,14-19H2,1-6H3/b10-7-,22-20+. The number of esters is 1. The van der Waals surface area contributed by atoms with E-state index < -0.39 is 0 Å². The Morgan fingerprint density at radius 3 is 2.52 bits per heavy atom. The second-order valence-electron chi connectivity index (χ2n) is 8.82. The number of likely N-dealkylation sites (N-methyl/N-ethyl adjacent to an activating group) is 1. The van der Waals surface area contributed by atoms with E-state index in [9.17, 15) is 4.79 Å². The lowest BCUT2D eigenvalue weighted by molar-refractivity contribution is -0.137. The van der Waals surface area contributed by atoms with E-state index in [2.05, 4.69) is 61.0 Å². The maximum Gasteiger partial charge on any atom is 0.331 e. The highest BCUT2D eigenvalue weighted by Gasteiger charge is 2.20. The maximum atomic E-state index is 12.3. The van der Waals surface area contributed by atoms with E-state index in [-0.39, 0.29) is 12.0 Å². The molecule has 1 saturated heterocycles. The lowest BCUT2D eigenvalue weighted by Gasteiger charge is -2.32. The van der Waals surface area contributed by atoms with E-state index in [1.54, 1.807) is 6.08 Å². The van der Waals surface area contributed by atoms with Crippen molar-refractivity contribution >= 4 is 11.5 Å². The monoisotopic (exact) mass is 457 g/mol. The van der Waals surface area contributed by atoms with Gasteiger partial charge in [-0.1, -0.05) is 25.1 Å². The summed E-state index contributed by atoms with van der Waals surface area (Å²) in [5.41, 5.74) is 3.22. The van der Waals surface area contributed by atoms with E-state index in [1.165, 1.54) is 5.56 Å². The predicted molar refractivity (Wildman–Crippen MR) is 137 cm³/mol. The van der Waals surface area contributed by atoms with Gasteiger partial charge in [0, 0.05) is 44.8 Å². The first-order valence-electron chi connectivity index (χ1n) is 12.2. The van der Waals surface area contributed by atoms with Crippen LogP contribution in [0.5, 0.6) is 5.75 Å². The van der Waals surface area contributed by atoms with Crippen molar-refractivity contribution in [2.45, 2.75) is 39.7 Å². The fraction of sp³-hybridized carbons (Fsp3) is 0.593. The molecule has 33 heavy (non-hydrogen) atoms. The van der Waals surface area contributed by atoms with Crippen molar-refractivity contribution in [3.8, 4) is 5.75 Å². The molecule has 1 heterocycles. The van der Waals surface area contributed by atoms with Crippen LogP contribution in [0.1, 0.15) is 50.8 Å².